The summed E-state index contributed by atoms with van der Waals surface area (Å²) in [7, 11) is 0. The quantitative estimate of drug-likeness (QED) is 0.521. The van der Waals surface area contributed by atoms with E-state index in [0.29, 0.717) is 11.0 Å². The summed E-state index contributed by atoms with van der Waals surface area (Å²) in [5.41, 5.74) is 0. The molecule has 17 heavy (non-hydrogen) atoms. The largest absolute Gasteiger partial charge is 0.391 e. The minimum atomic E-state index is -4.20. The molecule has 0 spiro atoms. The third-order valence-corrected chi connectivity index (χ3v) is 2.53. The predicted octanol–water partition coefficient (Wildman–Crippen LogP) is 3.60. The van der Waals surface area contributed by atoms with Crippen LogP contribution in [0.15, 0.2) is 11.2 Å². The van der Waals surface area contributed by atoms with Gasteiger partial charge >= 0.3 is 6.18 Å². The number of thioether (sulfide) groups is 1. The highest BCUT2D eigenvalue weighted by Crippen LogP contribution is 2.24. The first-order chi connectivity index (χ1) is 7.80. The van der Waals surface area contributed by atoms with Crippen molar-refractivity contribution < 1.29 is 13.2 Å². The van der Waals surface area contributed by atoms with Crippen LogP contribution in [0.25, 0.3) is 0 Å². The van der Waals surface area contributed by atoms with Gasteiger partial charge in [0.1, 0.15) is 11.0 Å². The highest BCUT2D eigenvalue weighted by molar-refractivity contribution is 7.98. The van der Waals surface area contributed by atoms with Gasteiger partial charge in [-0.3, -0.25) is 0 Å². The molecule has 0 aromatic carbocycles. The molecule has 0 fully saturated rings. The Hall–Kier alpha value is -0.690. The number of anilines is 1. The van der Waals surface area contributed by atoms with Gasteiger partial charge in [0.15, 0.2) is 5.16 Å². The van der Waals surface area contributed by atoms with Gasteiger partial charge in [-0.2, -0.15) is 13.2 Å². The fraction of sp³-hybridized carbons (Fsp3) is 0.556. The molecule has 1 heterocycles. The number of alkyl halides is 3. The molecule has 1 N–H and O–H groups in total. The molecule has 1 aromatic heterocycles. The lowest BCUT2D eigenvalue weighted by Gasteiger charge is -2.16. The maximum atomic E-state index is 12.1. The van der Waals surface area contributed by atoms with E-state index in [1.807, 2.05) is 0 Å². The van der Waals surface area contributed by atoms with Crippen LogP contribution in [0.3, 0.4) is 0 Å². The molecule has 1 rings (SSSR count). The first-order valence-corrected chi connectivity index (χ1v) is 6.32. The van der Waals surface area contributed by atoms with Gasteiger partial charge < -0.3 is 5.32 Å². The number of nitrogens with zero attached hydrogens (tertiary/aromatic N) is 2. The van der Waals surface area contributed by atoms with Crippen molar-refractivity contribution in [1.82, 2.24) is 9.97 Å². The van der Waals surface area contributed by atoms with Crippen LogP contribution < -0.4 is 5.32 Å². The molecule has 0 radical (unpaired) electrons. The van der Waals surface area contributed by atoms with E-state index in [9.17, 15) is 13.2 Å². The van der Waals surface area contributed by atoms with Crippen LogP contribution in [0.1, 0.15) is 13.3 Å². The third-order valence-electron chi connectivity index (χ3n) is 1.79. The van der Waals surface area contributed by atoms with Gasteiger partial charge in [0.2, 0.25) is 0 Å². The average Bonchev–Trinajstić information content (AvgIpc) is 2.13. The van der Waals surface area contributed by atoms with Gasteiger partial charge in [-0.15, -0.1) is 0 Å². The lowest BCUT2D eigenvalue weighted by atomic mass is 10.2. The summed E-state index contributed by atoms with van der Waals surface area (Å²) in [4.78, 5) is 7.90. The monoisotopic (exact) mass is 285 g/mol. The Balaban J connectivity index is 2.71. The van der Waals surface area contributed by atoms with Crippen LogP contribution in [0.5, 0.6) is 0 Å². The number of nitrogens with one attached hydrogen (secondary N) is 1. The van der Waals surface area contributed by atoms with Crippen LogP contribution in [0.4, 0.5) is 19.0 Å². The van der Waals surface area contributed by atoms with Crippen molar-refractivity contribution in [2.24, 2.45) is 0 Å². The second kappa shape index (κ2) is 5.77. The van der Waals surface area contributed by atoms with Crippen LogP contribution in [-0.2, 0) is 0 Å². The first-order valence-electron chi connectivity index (χ1n) is 4.72. The summed E-state index contributed by atoms with van der Waals surface area (Å²) in [6, 6.07) is 0.629. The first kappa shape index (κ1) is 14.4. The minimum absolute atomic E-state index is 0.200. The van der Waals surface area contributed by atoms with Crippen LogP contribution in [-0.4, -0.2) is 28.4 Å². The maximum Gasteiger partial charge on any atom is 0.391 e. The molecule has 8 heteroatoms. The minimum Gasteiger partial charge on any atom is -0.367 e. The van der Waals surface area contributed by atoms with E-state index in [1.165, 1.54) is 24.8 Å². The summed E-state index contributed by atoms with van der Waals surface area (Å²) in [5.74, 6) is 0.297. The predicted molar refractivity (Wildman–Crippen MR) is 62.6 cm³/mol. The lowest BCUT2D eigenvalue weighted by Crippen LogP contribution is -2.24. The lowest BCUT2D eigenvalue weighted by molar-refractivity contribution is -0.136. The van der Waals surface area contributed by atoms with Gasteiger partial charge in [-0.05, 0) is 13.2 Å². The molecule has 1 aromatic rings. The Morgan fingerprint density at radius 2 is 2.12 bits per heavy atom. The smallest absolute Gasteiger partial charge is 0.367 e. The number of hydrogen-bond donors (Lipinski definition) is 1. The molecule has 1 atom stereocenters. The second-order valence-corrected chi connectivity index (χ2v) is 4.59. The summed E-state index contributed by atoms with van der Waals surface area (Å²) < 4.78 is 36.4. The van der Waals surface area contributed by atoms with Gasteiger partial charge in [0.25, 0.3) is 0 Å². The van der Waals surface area contributed by atoms with Crippen molar-refractivity contribution in [3.05, 3.63) is 11.2 Å². The van der Waals surface area contributed by atoms with Gasteiger partial charge in [0, 0.05) is 12.1 Å². The van der Waals surface area contributed by atoms with Crippen molar-refractivity contribution in [1.29, 1.82) is 0 Å². The van der Waals surface area contributed by atoms with E-state index in [1.54, 1.807) is 6.26 Å². The van der Waals surface area contributed by atoms with Crippen molar-refractivity contribution >= 4 is 29.2 Å². The highest BCUT2D eigenvalue weighted by atomic mass is 35.5. The van der Waals surface area contributed by atoms with E-state index in [-0.39, 0.29) is 5.15 Å². The van der Waals surface area contributed by atoms with Crippen molar-refractivity contribution in [3.8, 4) is 0 Å². The molecule has 3 nitrogen and oxygen atoms in total. The summed E-state index contributed by atoms with van der Waals surface area (Å²) in [5, 5.41) is 3.26. The zero-order chi connectivity index (χ0) is 13.1. The van der Waals surface area contributed by atoms with E-state index in [2.05, 4.69) is 15.3 Å². The fourth-order valence-corrected chi connectivity index (χ4v) is 1.83. The standard InChI is InChI=1S/C9H11ClF3N3S/c1-5(4-9(11,12)13)14-7-3-6(10)15-8(16-7)17-2/h3,5H,4H2,1-2H3,(H,14,15,16). The Labute approximate surface area is 106 Å². The van der Waals surface area contributed by atoms with E-state index in [0.717, 1.165) is 0 Å². The normalized spacial score (nSPS) is 13.5. The molecular weight excluding hydrogens is 275 g/mol. The molecule has 0 aliphatic carbocycles. The molecule has 0 aliphatic rings. The number of hydrogen-bond acceptors (Lipinski definition) is 4. The maximum absolute atomic E-state index is 12.1. The van der Waals surface area contributed by atoms with Crippen LogP contribution >= 0.6 is 23.4 Å². The fourth-order valence-electron chi connectivity index (χ4n) is 1.21. The van der Waals surface area contributed by atoms with Crippen LogP contribution in [0, 0.1) is 0 Å². The molecule has 1 unspecified atom stereocenters. The summed E-state index contributed by atoms with van der Waals surface area (Å²) in [6.45, 7) is 1.43. The Morgan fingerprint density at radius 1 is 1.47 bits per heavy atom. The average molecular weight is 286 g/mol. The molecule has 0 aliphatic heterocycles. The molecule has 0 bridgehead atoms. The molecule has 0 saturated heterocycles. The number of aromatic nitrogens is 2. The van der Waals surface area contributed by atoms with E-state index in [4.69, 9.17) is 11.6 Å². The zero-order valence-electron chi connectivity index (χ0n) is 9.18. The molecule has 0 saturated carbocycles. The van der Waals surface area contributed by atoms with Gasteiger partial charge in [0.05, 0.1) is 6.42 Å². The summed E-state index contributed by atoms with van der Waals surface area (Å²) >= 11 is 6.99. The van der Waals surface area contributed by atoms with Gasteiger partial charge in [-0.25, -0.2) is 9.97 Å². The van der Waals surface area contributed by atoms with E-state index < -0.39 is 18.6 Å². The third kappa shape index (κ3) is 5.45. The Bertz CT molecular complexity index is 386. The zero-order valence-corrected chi connectivity index (χ0v) is 10.7. The SMILES string of the molecule is CSc1nc(Cl)cc(NC(C)CC(F)(F)F)n1. The molecule has 0 amide bonds. The second-order valence-electron chi connectivity index (χ2n) is 3.43. The van der Waals surface area contributed by atoms with Crippen molar-refractivity contribution in [2.45, 2.75) is 30.7 Å². The van der Waals surface area contributed by atoms with Crippen LogP contribution in [0.2, 0.25) is 5.15 Å². The molecule has 96 valence electrons. The van der Waals surface area contributed by atoms with Crippen molar-refractivity contribution in [3.63, 3.8) is 0 Å². The van der Waals surface area contributed by atoms with Gasteiger partial charge in [-0.1, -0.05) is 23.4 Å². The Morgan fingerprint density at radius 3 is 2.65 bits per heavy atom. The van der Waals surface area contributed by atoms with Crippen molar-refractivity contribution in [2.75, 3.05) is 11.6 Å². The van der Waals surface area contributed by atoms with E-state index >= 15 is 0 Å². The number of halogens is 4. The summed E-state index contributed by atoms with van der Waals surface area (Å²) in [6.07, 6.45) is -3.37. The molecular formula is C9H11ClF3N3S. The highest BCUT2D eigenvalue weighted by Gasteiger charge is 2.30. The number of rotatable bonds is 4. The topological polar surface area (TPSA) is 37.8 Å². The Kier molecular flexibility index (Phi) is 4.88.